The molecule has 0 spiro atoms. The van der Waals surface area contributed by atoms with Crippen molar-refractivity contribution in [2.75, 3.05) is 37.4 Å². The van der Waals surface area contributed by atoms with Gasteiger partial charge in [-0.1, -0.05) is 6.92 Å². The Kier molecular flexibility index (Phi) is 4.94. The molecule has 0 radical (unpaired) electrons. The lowest BCUT2D eigenvalue weighted by atomic mass is 10.3. The Balaban J connectivity index is 2.72. The van der Waals surface area contributed by atoms with Gasteiger partial charge < -0.3 is 5.32 Å². The van der Waals surface area contributed by atoms with Gasteiger partial charge in [0, 0.05) is 25.4 Å². The fourth-order valence-electron chi connectivity index (χ4n) is 1.94. The van der Waals surface area contributed by atoms with Gasteiger partial charge >= 0.3 is 0 Å². The molecular formula is C9H20N2O4S2. The lowest BCUT2D eigenvalue weighted by Gasteiger charge is -2.26. The van der Waals surface area contributed by atoms with Crippen molar-refractivity contribution >= 4 is 19.9 Å². The van der Waals surface area contributed by atoms with Crippen LogP contribution in [0.5, 0.6) is 0 Å². The lowest BCUT2D eigenvalue weighted by molar-refractivity contribution is 0.349. The fourth-order valence-corrected chi connectivity index (χ4v) is 5.26. The quantitative estimate of drug-likeness (QED) is 0.679. The molecule has 1 aliphatic heterocycles. The minimum absolute atomic E-state index is 0.0374. The van der Waals surface area contributed by atoms with Crippen LogP contribution < -0.4 is 5.32 Å². The summed E-state index contributed by atoms with van der Waals surface area (Å²) in [5, 5.41) is 3.11. The molecule has 0 aromatic heterocycles. The van der Waals surface area contributed by atoms with Gasteiger partial charge in [0.2, 0.25) is 10.0 Å². The van der Waals surface area contributed by atoms with Crippen LogP contribution in [0.4, 0.5) is 0 Å². The highest BCUT2D eigenvalue weighted by Crippen LogP contribution is 2.13. The molecule has 8 heteroatoms. The Hall–Kier alpha value is -0.180. The van der Waals surface area contributed by atoms with E-state index < -0.39 is 19.9 Å². The number of sulfonamides is 1. The summed E-state index contributed by atoms with van der Waals surface area (Å²) in [5.41, 5.74) is 0. The number of hydrogen-bond donors (Lipinski definition) is 1. The zero-order valence-electron chi connectivity index (χ0n) is 10.2. The van der Waals surface area contributed by atoms with Crippen LogP contribution >= 0.6 is 0 Å². The molecule has 17 heavy (non-hydrogen) atoms. The molecule has 0 saturated carbocycles. The van der Waals surface area contributed by atoms with E-state index in [0.717, 1.165) is 19.2 Å². The molecule has 1 rings (SSSR count). The SMILES string of the molecule is CCN(C1CCNC1)S(=O)(=O)CCS(C)(=O)=O. The minimum Gasteiger partial charge on any atom is -0.315 e. The summed E-state index contributed by atoms with van der Waals surface area (Å²) >= 11 is 0. The van der Waals surface area contributed by atoms with Crippen LogP contribution in [0.2, 0.25) is 0 Å². The predicted molar refractivity (Wildman–Crippen MR) is 67.2 cm³/mol. The van der Waals surface area contributed by atoms with E-state index in [1.54, 1.807) is 6.92 Å². The maximum absolute atomic E-state index is 12.0. The number of nitrogens with zero attached hydrogens (tertiary/aromatic N) is 1. The first kappa shape index (κ1) is 14.9. The zero-order valence-corrected chi connectivity index (χ0v) is 11.8. The zero-order chi connectivity index (χ0) is 13.1. The summed E-state index contributed by atoms with van der Waals surface area (Å²) in [5.74, 6) is -0.637. The lowest BCUT2D eigenvalue weighted by Crippen LogP contribution is -2.43. The Labute approximate surface area is 103 Å². The first-order valence-electron chi connectivity index (χ1n) is 5.64. The maximum Gasteiger partial charge on any atom is 0.215 e. The third-order valence-electron chi connectivity index (χ3n) is 2.82. The summed E-state index contributed by atoms with van der Waals surface area (Å²) in [6.45, 7) is 3.61. The standard InChI is InChI=1S/C9H20N2O4S2/c1-3-11(9-4-5-10-8-9)17(14,15)7-6-16(2,12)13/h9-10H,3-8H2,1-2H3. The van der Waals surface area contributed by atoms with Crippen molar-refractivity contribution < 1.29 is 16.8 Å². The Morgan fingerprint density at radius 3 is 2.29 bits per heavy atom. The van der Waals surface area contributed by atoms with Crippen LogP contribution in [-0.4, -0.2) is 64.6 Å². The van der Waals surface area contributed by atoms with E-state index in [-0.39, 0.29) is 17.5 Å². The molecule has 1 N–H and O–H groups in total. The van der Waals surface area contributed by atoms with E-state index in [0.29, 0.717) is 13.1 Å². The number of rotatable bonds is 6. The highest BCUT2D eigenvalue weighted by Gasteiger charge is 2.30. The van der Waals surface area contributed by atoms with Gasteiger partial charge in [0.05, 0.1) is 11.5 Å². The van der Waals surface area contributed by atoms with E-state index in [9.17, 15) is 16.8 Å². The molecule has 1 fully saturated rings. The first-order valence-corrected chi connectivity index (χ1v) is 9.31. The molecule has 1 unspecified atom stereocenters. The molecule has 1 heterocycles. The second kappa shape index (κ2) is 5.64. The van der Waals surface area contributed by atoms with Crippen LogP contribution in [0.15, 0.2) is 0 Å². The highest BCUT2D eigenvalue weighted by atomic mass is 32.2. The highest BCUT2D eigenvalue weighted by molar-refractivity contribution is 7.93. The summed E-state index contributed by atoms with van der Waals surface area (Å²) in [6, 6.07) is -0.0374. The molecule has 1 atom stereocenters. The third kappa shape index (κ3) is 4.53. The van der Waals surface area contributed by atoms with Gasteiger partial charge in [0.15, 0.2) is 0 Å². The van der Waals surface area contributed by atoms with E-state index in [4.69, 9.17) is 0 Å². The summed E-state index contributed by atoms with van der Waals surface area (Å²) < 4.78 is 47.5. The van der Waals surface area contributed by atoms with Gasteiger partial charge in [0.25, 0.3) is 0 Å². The van der Waals surface area contributed by atoms with Crippen molar-refractivity contribution in [2.45, 2.75) is 19.4 Å². The molecule has 1 aliphatic rings. The predicted octanol–water partition coefficient (Wildman–Crippen LogP) is -0.955. The van der Waals surface area contributed by atoms with Crippen LogP contribution in [0.25, 0.3) is 0 Å². The van der Waals surface area contributed by atoms with Gasteiger partial charge in [0.1, 0.15) is 9.84 Å². The van der Waals surface area contributed by atoms with E-state index in [1.807, 2.05) is 0 Å². The van der Waals surface area contributed by atoms with E-state index in [1.165, 1.54) is 4.31 Å². The Morgan fingerprint density at radius 2 is 1.88 bits per heavy atom. The fraction of sp³-hybridized carbons (Fsp3) is 1.00. The van der Waals surface area contributed by atoms with Crippen molar-refractivity contribution in [3.63, 3.8) is 0 Å². The minimum atomic E-state index is -3.47. The molecule has 6 nitrogen and oxygen atoms in total. The Bertz CT molecular complexity index is 438. The van der Waals surface area contributed by atoms with E-state index >= 15 is 0 Å². The van der Waals surface area contributed by atoms with Crippen molar-refractivity contribution in [3.05, 3.63) is 0 Å². The van der Waals surface area contributed by atoms with Crippen LogP contribution in [0, 0.1) is 0 Å². The summed E-state index contributed by atoms with van der Waals surface area (Å²) in [6.07, 6.45) is 1.84. The molecule has 0 aromatic rings. The van der Waals surface area contributed by atoms with E-state index in [2.05, 4.69) is 5.32 Å². The van der Waals surface area contributed by atoms with Crippen molar-refractivity contribution in [1.82, 2.24) is 9.62 Å². The van der Waals surface area contributed by atoms with Crippen molar-refractivity contribution in [1.29, 1.82) is 0 Å². The van der Waals surface area contributed by atoms with Gasteiger partial charge in [-0.25, -0.2) is 16.8 Å². The smallest absolute Gasteiger partial charge is 0.215 e. The second-order valence-corrected chi connectivity index (χ2v) is 8.60. The monoisotopic (exact) mass is 284 g/mol. The normalized spacial score (nSPS) is 22.2. The second-order valence-electron chi connectivity index (χ2n) is 4.30. The molecule has 0 amide bonds. The molecule has 102 valence electrons. The van der Waals surface area contributed by atoms with Gasteiger partial charge in [-0.05, 0) is 13.0 Å². The summed E-state index contributed by atoms with van der Waals surface area (Å²) in [7, 11) is -6.72. The van der Waals surface area contributed by atoms with Crippen LogP contribution in [0.1, 0.15) is 13.3 Å². The van der Waals surface area contributed by atoms with Crippen LogP contribution in [0.3, 0.4) is 0 Å². The molecule has 0 aliphatic carbocycles. The molecule has 0 bridgehead atoms. The average molecular weight is 284 g/mol. The maximum atomic E-state index is 12.0. The number of sulfone groups is 1. The first-order chi connectivity index (χ1) is 7.76. The van der Waals surface area contributed by atoms with Gasteiger partial charge in [-0.2, -0.15) is 4.31 Å². The molecular weight excluding hydrogens is 264 g/mol. The Morgan fingerprint density at radius 1 is 1.24 bits per heavy atom. The van der Waals surface area contributed by atoms with Gasteiger partial charge in [-0.3, -0.25) is 0 Å². The van der Waals surface area contributed by atoms with Crippen molar-refractivity contribution in [3.8, 4) is 0 Å². The number of hydrogen-bond acceptors (Lipinski definition) is 5. The molecule has 0 aromatic carbocycles. The van der Waals surface area contributed by atoms with Crippen LogP contribution in [-0.2, 0) is 19.9 Å². The topological polar surface area (TPSA) is 83.6 Å². The summed E-state index contributed by atoms with van der Waals surface area (Å²) in [4.78, 5) is 0. The largest absolute Gasteiger partial charge is 0.315 e. The number of likely N-dealkylation sites (N-methyl/N-ethyl adjacent to an activating group) is 1. The van der Waals surface area contributed by atoms with Crippen molar-refractivity contribution in [2.24, 2.45) is 0 Å². The molecule has 1 saturated heterocycles. The van der Waals surface area contributed by atoms with Gasteiger partial charge in [-0.15, -0.1) is 0 Å². The third-order valence-corrected chi connectivity index (χ3v) is 6.02. The number of nitrogens with one attached hydrogen (secondary N) is 1. The average Bonchev–Trinajstić information content (AvgIpc) is 2.68.